The second-order valence-corrected chi connectivity index (χ2v) is 6.61. The minimum absolute atomic E-state index is 0.234. The van der Waals surface area contributed by atoms with Gasteiger partial charge in [-0.3, -0.25) is 0 Å². The minimum Gasteiger partial charge on any atom is -0.396 e. The number of thiophene rings is 1. The second kappa shape index (κ2) is 6.42. The summed E-state index contributed by atoms with van der Waals surface area (Å²) in [6, 6.07) is 17.1. The van der Waals surface area contributed by atoms with Crippen molar-refractivity contribution >= 4 is 21.4 Å². The number of aliphatic hydroxyl groups is 1. The molecular formula is C19H20OS. The van der Waals surface area contributed by atoms with E-state index in [1.54, 1.807) is 11.3 Å². The third-order valence-electron chi connectivity index (χ3n) is 3.97. The lowest BCUT2D eigenvalue weighted by Crippen LogP contribution is -2.12. The predicted molar refractivity (Wildman–Crippen MR) is 91.0 cm³/mol. The van der Waals surface area contributed by atoms with Crippen LogP contribution in [0, 0.1) is 12.8 Å². The number of rotatable bonds is 5. The molecule has 1 unspecified atom stereocenters. The highest BCUT2D eigenvalue weighted by Crippen LogP contribution is 2.28. The summed E-state index contributed by atoms with van der Waals surface area (Å²) in [6.45, 7) is 2.34. The van der Waals surface area contributed by atoms with E-state index in [0.29, 0.717) is 0 Å². The largest absolute Gasteiger partial charge is 0.396 e. The summed E-state index contributed by atoms with van der Waals surface area (Å²) in [5.41, 5.74) is 3.95. The average Bonchev–Trinajstić information content (AvgIpc) is 2.92. The smallest absolute Gasteiger partial charge is 0.0465 e. The van der Waals surface area contributed by atoms with Crippen LogP contribution >= 0.6 is 11.3 Å². The van der Waals surface area contributed by atoms with Gasteiger partial charge in [-0.25, -0.2) is 0 Å². The molecule has 0 saturated heterocycles. The maximum atomic E-state index is 9.72. The third-order valence-corrected chi connectivity index (χ3v) is 4.99. The molecule has 108 valence electrons. The monoisotopic (exact) mass is 296 g/mol. The molecule has 0 bridgehead atoms. The SMILES string of the molecule is Cc1ccc(CC(CO)Cc2csc3ccccc23)cc1. The van der Waals surface area contributed by atoms with Crippen molar-refractivity contribution in [2.75, 3.05) is 6.61 Å². The van der Waals surface area contributed by atoms with Crippen molar-refractivity contribution in [1.82, 2.24) is 0 Å². The molecule has 0 radical (unpaired) electrons. The molecule has 2 heteroatoms. The normalized spacial score (nSPS) is 12.7. The van der Waals surface area contributed by atoms with Crippen molar-refractivity contribution < 1.29 is 5.11 Å². The van der Waals surface area contributed by atoms with E-state index in [9.17, 15) is 5.11 Å². The molecule has 3 rings (SSSR count). The summed E-state index contributed by atoms with van der Waals surface area (Å²) in [6.07, 6.45) is 1.87. The van der Waals surface area contributed by atoms with E-state index < -0.39 is 0 Å². The summed E-state index contributed by atoms with van der Waals surface area (Å²) in [5, 5.41) is 13.3. The van der Waals surface area contributed by atoms with E-state index in [2.05, 4.69) is 60.8 Å². The zero-order valence-corrected chi connectivity index (χ0v) is 13.1. The van der Waals surface area contributed by atoms with Crippen LogP contribution in [0.4, 0.5) is 0 Å². The van der Waals surface area contributed by atoms with Gasteiger partial charge in [0.1, 0.15) is 0 Å². The van der Waals surface area contributed by atoms with Gasteiger partial charge in [0, 0.05) is 11.3 Å². The van der Waals surface area contributed by atoms with Crippen LogP contribution in [0.25, 0.3) is 10.1 Å². The lowest BCUT2D eigenvalue weighted by Gasteiger charge is -2.14. The fraction of sp³-hybridized carbons (Fsp3) is 0.263. The van der Waals surface area contributed by atoms with Crippen molar-refractivity contribution in [3.63, 3.8) is 0 Å². The van der Waals surface area contributed by atoms with Crippen LogP contribution in [0.3, 0.4) is 0 Å². The summed E-state index contributed by atoms with van der Waals surface area (Å²) in [7, 11) is 0. The molecule has 0 amide bonds. The zero-order chi connectivity index (χ0) is 14.7. The van der Waals surface area contributed by atoms with Gasteiger partial charge in [-0.05, 0) is 53.6 Å². The van der Waals surface area contributed by atoms with Crippen molar-refractivity contribution in [2.45, 2.75) is 19.8 Å². The first kappa shape index (κ1) is 14.3. The number of benzene rings is 2. The molecule has 1 aromatic heterocycles. The van der Waals surface area contributed by atoms with Gasteiger partial charge in [0.15, 0.2) is 0 Å². The molecule has 0 aliphatic heterocycles. The summed E-state index contributed by atoms with van der Waals surface area (Å²) < 4.78 is 1.33. The standard InChI is InChI=1S/C19H20OS/c1-14-6-8-15(9-7-14)10-16(12-20)11-17-13-21-19-5-3-2-4-18(17)19/h2-9,13,16,20H,10-12H2,1H3. The van der Waals surface area contributed by atoms with Gasteiger partial charge in [0.05, 0.1) is 0 Å². The molecule has 0 aliphatic rings. The van der Waals surface area contributed by atoms with Crippen molar-refractivity contribution in [3.8, 4) is 0 Å². The molecular weight excluding hydrogens is 276 g/mol. The average molecular weight is 296 g/mol. The number of hydrogen-bond donors (Lipinski definition) is 1. The molecule has 0 spiro atoms. The molecule has 0 fully saturated rings. The van der Waals surface area contributed by atoms with Crippen molar-refractivity contribution in [3.05, 3.63) is 70.6 Å². The second-order valence-electron chi connectivity index (χ2n) is 5.70. The van der Waals surface area contributed by atoms with Crippen LogP contribution in [-0.2, 0) is 12.8 Å². The number of fused-ring (bicyclic) bond motifs is 1. The molecule has 21 heavy (non-hydrogen) atoms. The maximum Gasteiger partial charge on any atom is 0.0465 e. The minimum atomic E-state index is 0.234. The molecule has 2 aromatic carbocycles. The molecule has 1 nitrogen and oxygen atoms in total. The first-order valence-corrected chi connectivity index (χ1v) is 8.25. The third kappa shape index (κ3) is 3.34. The fourth-order valence-electron chi connectivity index (χ4n) is 2.76. The van der Waals surface area contributed by atoms with Gasteiger partial charge in [-0.2, -0.15) is 0 Å². The van der Waals surface area contributed by atoms with Gasteiger partial charge in [-0.1, -0.05) is 48.0 Å². The van der Waals surface area contributed by atoms with Gasteiger partial charge in [0.2, 0.25) is 0 Å². The lowest BCUT2D eigenvalue weighted by atomic mass is 9.93. The Morgan fingerprint density at radius 2 is 1.76 bits per heavy atom. The molecule has 0 saturated carbocycles. The Labute approximate surface area is 129 Å². The molecule has 3 aromatic rings. The number of hydrogen-bond acceptors (Lipinski definition) is 2. The van der Waals surface area contributed by atoms with Gasteiger partial charge in [0.25, 0.3) is 0 Å². The molecule has 1 atom stereocenters. The van der Waals surface area contributed by atoms with Gasteiger partial charge in [-0.15, -0.1) is 11.3 Å². The Balaban J connectivity index is 1.76. The van der Waals surface area contributed by atoms with Crippen LogP contribution in [0.15, 0.2) is 53.9 Å². The Morgan fingerprint density at radius 1 is 1.00 bits per heavy atom. The van der Waals surface area contributed by atoms with Crippen LogP contribution in [0.5, 0.6) is 0 Å². The van der Waals surface area contributed by atoms with Crippen LogP contribution in [0.1, 0.15) is 16.7 Å². The fourth-order valence-corrected chi connectivity index (χ4v) is 3.74. The van der Waals surface area contributed by atoms with E-state index in [4.69, 9.17) is 0 Å². The number of aryl methyl sites for hydroxylation is 1. The highest BCUT2D eigenvalue weighted by Gasteiger charge is 2.12. The Bertz CT molecular complexity index is 712. The quantitative estimate of drug-likeness (QED) is 0.729. The van der Waals surface area contributed by atoms with Crippen LogP contribution < -0.4 is 0 Å². The Hall–Kier alpha value is -1.64. The number of aliphatic hydroxyl groups excluding tert-OH is 1. The summed E-state index contributed by atoms with van der Waals surface area (Å²) in [4.78, 5) is 0. The first-order chi connectivity index (χ1) is 10.3. The lowest BCUT2D eigenvalue weighted by molar-refractivity contribution is 0.225. The van der Waals surface area contributed by atoms with E-state index >= 15 is 0 Å². The topological polar surface area (TPSA) is 20.2 Å². The molecule has 1 heterocycles. The van der Waals surface area contributed by atoms with E-state index in [-0.39, 0.29) is 12.5 Å². The highest BCUT2D eigenvalue weighted by atomic mass is 32.1. The predicted octanol–water partition coefficient (Wildman–Crippen LogP) is 4.60. The van der Waals surface area contributed by atoms with Crippen LogP contribution in [0.2, 0.25) is 0 Å². The van der Waals surface area contributed by atoms with Crippen molar-refractivity contribution in [1.29, 1.82) is 0 Å². The summed E-state index contributed by atoms with van der Waals surface area (Å²) >= 11 is 1.79. The first-order valence-electron chi connectivity index (χ1n) is 7.38. The Kier molecular flexibility index (Phi) is 4.37. The van der Waals surface area contributed by atoms with E-state index in [1.165, 1.54) is 26.8 Å². The highest BCUT2D eigenvalue weighted by molar-refractivity contribution is 7.17. The maximum absolute atomic E-state index is 9.72. The van der Waals surface area contributed by atoms with Gasteiger partial charge < -0.3 is 5.11 Å². The van der Waals surface area contributed by atoms with Crippen LogP contribution in [-0.4, -0.2) is 11.7 Å². The summed E-state index contributed by atoms with van der Waals surface area (Å²) in [5.74, 6) is 0.283. The molecule has 1 N–H and O–H groups in total. The van der Waals surface area contributed by atoms with E-state index in [1.807, 2.05) is 0 Å². The van der Waals surface area contributed by atoms with Crippen molar-refractivity contribution in [2.24, 2.45) is 5.92 Å². The van der Waals surface area contributed by atoms with E-state index in [0.717, 1.165) is 12.8 Å². The Morgan fingerprint density at radius 3 is 2.52 bits per heavy atom. The van der Waals surface area contributed by atoms with Gasteiger partial charge >= 0.3 is 0 Å². The zero-order valence-electron chi connectivity index (χ0n) is 12.3. The molecule has 0 aliphatic carbocycles.